The highest BCUT2D eigenvalue weighted by Gasteiger charge is 2.52. The van der Waals surface area contributed by atoms with Crippen LogP contribution in [-0.4, -0.2) is 17.0 Å². The van der Waals surface area contributed by atoms with Crippen LogP contribution in [0.1, 0.15) is 51.4 Å². The fraction of sp³-hybridized carbons (Fsp3) is 0.522. The van der Waals surface area contributed by atoms with E-state index in [-0.39, 0.29) is 23.2 Å². The van der Waals surface area contributed by atoms with Gasteiger partial charge in [-0.2, -0.15) is 0 Å². The number of carbonyl (C=O) groups excluding carboxylic acids is 1. The molecule has 0 amide bonds. The van der Waals surface area contributed by atoms with Crippen LogP contribution in [0.15, 0.2) is 60.8 Å². The Balaban J connectivity index is 1.88. The van der Waals surface area contributed by atoms with Crippen molar-refractivity contribution in [3.63, 3.8) is 0 Å². The fourth-order valence-electron chi connectivity index (χ4n) is 5.30. The van der Waals surface area contributed by atoms with Crippen molar-refractivity contribution < 1.29 is 9.90 Å². The predicted molar refractivity (Wildman–Crippen MR) is 103 cm³/mol. The second-order valence-electron chi connectivity index (χ2n) is 7.89. The van der Waals surface area contributed by atoms with E-state index in [1.165, 1.54) is 17.2 Å². The smallest absolute Gasteiger partial charge is 0.159 e. The summed E-state index contributed by atoms with van der Waals surface area (Å²) < 4.78 is 0. The quantitative estimate of drug-likeness (QED) is 0.573. The van der Waals surface area contributed by atoms with Gasteiger partial charge in [0.05, 0.1) is 6.10 Å². The lowest BCUT2D eigenvalue weighted by molar-refractivity contribution is -0.121. The summed E-state index contributed by atoms with van der Waals surface area (Å²) in [7, 11) is 0. The number of ketones is 1. The van der Waals surface area contributed by atoms with Crippen molar-refractivity contribution in [1.29, 1.82) is 0 Å². The zero-order chi connectivity index (χ0) is 18.0. The summed E-state index contributed by atoms with van der Waals surface area (Å²) in [4.78, 5) is 12.4. The van der Waals surface area contributed by atoms with E-state index in [4.69, 9.17) is 0 Å². The van der Waals surface area contributed by atoms with Gasteiger partial charge in [-0.15, -0.1) is 6.58 Å². The minimum Gasteiger partial charge on any atom is -0.393 e. The van der Waals surface area contributed by atoms with Gasteiger partial charge in [-0.05, 0) is 68.9 Å². The highest BCUT2D eigenvalue weighted by atomic mass is 16.3. The lowest BCUT2D eigenvalue weighted by atomic mass is 9.61. The number of aliphatic hydroxyl groups is 1. The Kier molecular flexibility index (Phi) is 5.29. The molecule has 134 valence electrons. The predicted octanol–water partition coefficient (Wildman–Crippen LogP) is 5.08. The molecule has 3 aliphatic carbocycles. The van der Waals surface area contributed by atoms with Gasteiger partial charge in [-0.25, -0.2) is 0 Å². The maximum Gasteiger partial charge on any atom is 0.159 e. The number of aliphatic hydroxyl groups excluding tert-OH is 1. The lowest BCUT2D eigenvalue weighted by Crippen LogP contribution is -2.37. The first-order chi connectivity index (χ1) is 12.0. The third-order valence-corrected chi connectivity index (χ3v) is 6.68. The van der Waals surface area contributed by atoms with Crippen LogP contribution in [0.2, 0.25) is 0 Å². The van der Waals surface area contributed by atoms with E-state index in [0.717, 1.165) is 50.5 Å². The van der Waals surface area contributed by atoms with Gasteiger partial charge in [-0.3, -0.25) is 4.79 Å². The molecule has 0 heterocycles. The van der Waals surface area contributed by atoms with Crippen LogP contribution in [0, 0.1) is 17.3 Å². The minimum absolute atomic E-state index is 0.0373. The van der Waals surface area contributed by atoms with Gasteiger partial charge >= 0.3 is 0 Å². The molecule has 3 saturated carbocycles. The van der Waals surface area contributed by atoms with Crippen LogP contribution in [-0.2, 0) is 4.79 Å². The summed E-state index contributed by atoms with van der Waals surface area (Å²) in [6.07, 6.45) is 15.4. The number of hydrogen-bond acceptors (Lipinski definition) is 2. The molecule has 0 radical (unpaired) electrons. The zero-order valence-corrected chi connectivity index (χ0v) is 15.2. The minimum atomic E-state index is -0.241. The van der Waals surface area contributed by atoms with Gasteiger partial charge in [0.25, 0.3) is 0 Å². The van der Waals surface area contributed by atoms with Crippen molar-refractivity contribution in [3.05, 3.63) is 60.8 Å². The van der Waals surface area contributed by atoms with E-state index in [2.05, 4.69) is 38.0 Å². The van der Waals surface area contributed by atoms with Gasteiger partial charge in [0.1, 0.15) is 0 Å². The molecular weight excluding hydrogens is 308 g/mol. The van der Waals surface area contributed by atoms with Crippen LogP contribution >= 0.6 is 0 Å². The van der Waals surface area contributed by atoms with Crippen molar-refractivity contribution in [2.24, 2.45) is 17.3 Å². The third-order valence-electron chi connectivity index (χ3n) is 6.68. The third kappa shape index (κ3) is 3.25. The first kappa shape index (κ1) is 18.1. The Hall–Kier alpha value is -1.67. The second kappa shape index (κ2) is 7.29. The molecule has 0 aromatic carbocycles. The molecule has 4 atom stereocenters. The topological polar surface area (TPSA) is 37.3 Å². The van der Waals surface area contributed by atoms with E-state index in [1.54, 1.807) is 0 Å². The largest absolute Gasteiger partial charge is 0.393 e. The average molecular weight is 338 g/mol. The SMILES string of the molecule is C=CC(=O)C1CCC2/C(=C/C=C3/C[C@@H](O)CCC3=C)CCCC12C=C. The number of hydrogen-bond donors (Lipinski definition) is 1. The highest BCUT2D eigenvalue weighted by Crippen LogP contribution is 2.58. The van der Waals surface area contributed by atoms with Crippen molar-refractivity contribution in [2.45, 2.75) is 57.5 Å². The summed E-state index contributed by atoms with van der Waals surface area (Å²) >= 11 is 0. The Morgan fingerprint density at radius 1 is 1.16 bits per heavy atom. The van der Waals surface area contributed by atoms with Crippen LogP contribution < -0.4 is 0 Å². The number of carbonyl (C=O) groups is 1. The molecule has 0 spiro atoms. The maximum atomic E-state index is 12.4. The Bertz CT molecular complexity index is 651. The van der Waals surface area contributed by atoms with Crippen molar-refractivity contribution >= 4 is 5.78 Å². The van der Waals surface area contributed by atoms with E-state index >= 15 is 0 Å². The fourth-order valence-corrected chi connectivity index (χ4v) is 5.30. The monoisotopic (exact) mass is 338 g/mol. The number of rotatable bonds is 4. The standard InChI is InChI=1S/C23H30O2/c1-4-22(25)21-13-12-20-17(7-6-14-23(20,21)5-2)9-10-18-15-19(24)11-8-16(18)3/h4-5,9-10,19-21,24H,1-3,6-8,11-15H2/b17-9+,18-10-/t19-,20?,21?,23?/m0/s1. The van der Waals surface area contributed by atoms with E-state index in [9.17, 15) is 9.90 Å². The molecule has 3 unspecified atom stereocenters. The normalized spacial score (nSPS) is 38.6. The van der Waals surface area contributed by atoms with Crippen LogP contribution in [0.4, 0.5) is 0 Å². The molecule has 0 aromatic heterocycles. The molecule has 3 aliphatic rings. The van der Waals surface area contributed by atoms with Gasteiger partial charge < -0.3 is 5.11 Å². The number of fused-ring (bicyclic) bond motifs is 1. The van der Waals surface area contributed by atoms with Crippen LogP contribution in [0.25, 0.3) is 0 Å². The molecule has 3 rings (SSSR count). The van der Waals surface area contributed by atoms with E-state index in [1.807, 2.05) is 0 Å². The summed E-state index contributed by atoms with van der Waals surface area (Å²) in [6.45, 7) is 12.0. The molecule has 2 heteroatoms. The Labute approximate surface area is 151 Å². The summed E-state index contributed by atoms with van der Waals surface area (Å²) in [5, 5.41) is 9.92. The molecule has 0 bridgehead atoms. The molecule has 25 heavy (non-hydrogen) atoms. The Morgan fingerprint density at radius 3 is 2.68 bits per heavy atom. The van der Waals surface area contributed by atoms with Crippen molar-refractivity contribution in [3.8, 4) is 0 Å². The van der Waals surface area contributed by atoms with Crippen molar-refractivity contribution in [1.82, 2.24) is 0 Å². The first-order valence-electron chi connectivity index (χ1n) is 9.57. The van der Waals surface area contributed by atoms with Gasteiger partial charge in [0, 0.05) is 11.3 Å². The van der Waals surface area contributed by atoms with Crippen LogP contribution in [0.3, 0.4) is 0 Å². The second-order valence-corrected chi connectivity index (χ2v) is 7.89. The van der Waals surface area contributed by atoms with Crippen LogP contribution in [0.5, 0.6) is 0 Å². The van der Waals surface area contributed by atoms with Gasteiger partial charge in [0.2, 0.25) is 0 Å². The van der Waals surface area contributed by atoms with Gasteiger partial charge in [-0.1, -0.05) is 42.5 Å². The van der Waals surface area contributed by atoms with Gasteiger partial charge in [0.15, 0.2) is 5.78 Å². The summed E-state index contributed by atoms with van der Waals surface area (Å²) in [5.41, 5.74) is 3.67. The van der Waals surface area contributed by atoms with E-state index in [0.29, 0.717) is 12.3 Å². The molecule has 0 saturated heterocycles. The highest BCUT2D eigenvalue weighted by molar-refractivity contribution is 5.92. The molecule has 3 fully saturated rings. The average Bonchev–Trinajstić information content (AvgIpc) is 3.02. The molecule has 2 nitrogen and oxygen atoms in total. The Morgan fingerprint density at radius 2 is 1.96 bits per heavy atom. The molecule has 1 N–H and O–H groups in total. The summed E-state index contributed by atoms with van der Waals surface area (Å²) in [5.74, 6) is 0.618. The molecular formula is C23H30O2. The lowest BCUT2D eigenvalue weighted by Gasteiger charge is -2.42. The number of allylic oxidation sites excluding steroid dienone is 6. The zero-order valence-electron chi connectivity index (χ0n) is 15.2. The molecule has 0 aliphatic heterocycles. The maximum absolute atomic E-state index is 12.4. The summed E-state index contributed by atoms with van der Waals surface area (Å²) in [6, 6.07) is 0. The van der Waals surface area contributed by atoms with E-state index < -0.39 is 0 Å². The van der Waals surface area contributed by atoms with Crippen molar-refractivity contribution in [2.75, 3.05) is 0 Å². The molecule has 0 aromatic rings. The first-order valence-corrected chi connectivity index (χ1v) is 9.57.